The largest absolute Gasteiger partial charge is 0.417 e. The molecule has 0 aliphatic rings. The Labute approximate surface area is 82.3 Å². The van der Waals surface area contributed by atoms with E-state index >= 15 is 0 Å². The minimum Gasteiger partial charge on any atom is -0.249 e. The lowest BCUT2D eigenvalue weighted by molar-refractivity contribution is -0.137. The molecule has 0 aromatic carbocycles. The molecule has 0 fully saturated rings. The Bertz CT molecular complexity index is 272. The molecule has 0 amide bonds. The number of nitrogens with zero attached hydrogens (tertiary/aromatic N) is 1. The van der Waals surface area contributed by atoms with Gasteiger partial charge in [-0.15, -0.1) is 11.6 Å². The summed E-state index contributed by atoms with van der Waals surface area (Å²) in [6.07, 6.45) is -3.52. The van der Waals surface area contributed by atoms with Crippen LogP contribution in [0.4, 0.5) is 13.2 Å². The summed E-state index contributed by atoms with van der Waals surface area (Å²) in [5.41, 5.74) is -0.744. The summed E-state index contributed by atoms with van der Waals surface area (Å²) in [6.45, 7) is 0. The van der Waals surface area contributed by atoms with Crippen molar-refractivity contribution >= 4 is 23.4 Å². The van der Waals surface area contributed by atoms with Gasteiger partial charge in [-0.2, -0.15) is 13.2 Å². The highest BCUT2D eigenvalue weighted by atomic mass is 35.5. The molecule has 0 aliphatic heterocycles. The van der Waals surface area contributed by atoms with Crippen LogP contribution < -0.4 is 0 Å². The highest BCUT2D eigenvalue weighted by Crippen LogP contribution is 2.29. The summed E-state index contributed by atoms with van der Waals surface area (Å²) >= 11 is 6.55. The number of hydrogen-bond acceptors (Lipinski definition) is 2. The monoisotopic (exact) mass is 227 g/mol. The molecule has 0 aliphatic carbocycles. The molecule has 0 unspecified atom stereocenters. The maximum Gasteiger partial charge on any atom is 0.417 e. The number of halogens is 4. The Morgan fingerprint density at radius 1 is 1.38 bits per heavy atom. The molecule has 0 spiro atoms. The number of alkyl halides is 4. The first-order valence-corrected chi connectivity index (χ1v) is 4.78. The third-order valence-electron chi connectivity index (χ3n) is 1.27. The van der Waals surface area contributed by atoms with Gasteiger partial charge in [-0.25, -0.2) is 4.98 Å². The van der Waals surface area contributed by atoms with Crippen molar-refractivity contribution in [1.29, 1.82) is 0 Å². The van der Waals surface area contributed by atoms with Gasteiger partial charge in [-0.05, 0) is 12.1 Å². The van der Waals surface area contributed by atoms with Crippen molar-refractivity contribution in [3.8, 4) is 0 Å². The Balaban J connectivity index is 2.81. The fourth-order valence-corrected chi connectivity index (χ4v) is 1.43. The average molecular weight is 228 g/mol. The van der Waals surface area contributed by atoms with Crippen LogP contribution in [0.25, 0.3) is 0 Å². The van der Waals surface area contributed by atoms with E-state index in [2.05, 4.69) is 4.98 Å². The SMILES string of the molecule is FC(F)(F)c1ccc(SCCl)nc1. The molecule has 1 aromatic heterocycles. The first-order valence-electron chi connectivity index (χ1n) is 3.26. The van der Waals surface area contributed by atoms with Crippen LogP contribution in [-0.4, -0.2) is 10.2 Å². The molecule has 0 radical (unpaired) electrons. The van der Waals surface area contributed by atoms with Gasteiger partial charge in [0.05, 0.1) is 15.8 Å². The predicted molar refractivity (Wildman–Crippen MR) is 45.8 cm³/mol. The number of rotatable bonds is 2. The van der Waals surface area contributed by atoms with Gasteiger partial charge in [0.1, 0.15) is 0 Å². The highest BCUT2D eigenvalue weighted by Gasteiger charge is 2.30. The fourth-order valence-electron chi connectivity index (χ4n) is 0.689. The zero-order valence-electron chi connectivity index (χ0n) is 6.31. The summed E-state index contributed by atoms with van der Waals surface area (Å²) in [5, 5.41) is 0.765. The van der Waals surface area contributed by atoms with Crippen LogP contribution in [0, 0.1) is 0 Å². The van der Waals surface area contributed by atoms with Crippen LogP contribution in [0.2, 0.25) is 0 Å². The quantitative estimate of drug-likeness (QED) is 0.567. The summed E-state index contributed by atoms with van der Waals surface area (Å²) in [7, 11) is 0. The lowest BCUT2D eigenvalue weighted by Crippen LogP contribution is -2.04. The van der Waals surface area contributed by atoms with Crippen molar-refractivity contribution in [3.05, 3.63) is 23.9 Å². The van der Waals surface area contributed by atoms with Gasteiger partial charge in [0.15, 0.2) is 0 Å². The van der Waals surface area contributed by atoms with E-state index in [9.17, 15) is 13.2 Å². The minimum atomic E-state index is -4.32. The lowest BCUT2D eigenvalue weighted by Gasteiger charge is -2.05. The van der Waals surface area contributed by atoms with E-state index in [4.69, 9.17) is 11.6 Å². The molecule has 1 aromatic rings. The van der Waals surface area contributed by atoms with E-state index in [0.29, 0.717) is 5.03 Å². The molecule has 0 bridgehead atoms. The third-order valence-corrected chi connectivity index (χ3v) is 2.24. The molecule has 1 rings (SSSR count). The maximum absolute atomic E-state index is 12.0. The smallest absolute Gasteiger partial charge is 0.249 e. The van der Waals surface area contributed by atoms with Crippen LogP contribution in [0.15, 0.2) is 23.4 Å². The standard InChI is InChI=1S/C7H5ClF3NS/c8-4-13-6-2-1-5(3-12-6)7(9,10)11/h1-3H,4H2. The molecule has 0 N–H and O–H groups in total. The van der Waals surface area contributed by atoms with Crippen molar-refractivity contribution in [2.45, 2.75) is 11.2 Å². The fraction of sp³-hybridized carbons (Fsp3) is 0.286. The van der Waals surface area contributed by atoms with Crippen LogP contribution in [0.3, 0.4) is 0 Å². The van der Waals surface area contributed by atoms with Crippen molar-refractivity contribution < 1.29 is 13.2 Å². The second kappa shape index (κ2) is 4.19. The lowest BCUT2D eigenvalue weighted by atomic mass is 10.3. The van der Waals surface area contributed by atoms with Gasteiger partial charge in [0.25, 0.3) is 0 Å². The van der Waals surface area contributed by atoms with E-state index in [-0.39, 0.29) is 5.21 Å². The van der Waals surface area contributed by atoms with Gasteiger partial charge < -0.3 is 0 Å². The molecule has 1 nitrogen and oxygen atoms in total. The van der Waals surface area contributed by atoms with E-state index in [1.165, 1.54) is 17.8 Å². The molecule has 72 valence electrons. The first-order chi connectivity index (χ1) is 6.04. The van der Waals surface area contributed by atoms with Gasteiger partial charge in [-0.1, -0.05) is 11.8 Å². The molecule has 0 saturated carbocycles. The molecule has 13 heavy (non-hydrogen) atoms. The van der Waals surface area contributed by atoms with Gasteiger partial charge >= 0.3 is 6.18 Å². The summed E-state index contributed by atoms with van der Waals surface area (Å²) in [4.78, 5) is 3.59. The van der Waals surface area contributed by atoms with Crippen LogP contribution in [0.1, 0.15) is 5.56 Å². The number of aromatic nitrogens is 1. The molecule has 0 saturated heterocycles. The van der Waals surface area contributed by atoms with Crippen molar-refractivity contribution in [3.63, 3.8) is 0 Å². The van der Waals surface area contributed by atoms with E-state index < -0.39 is 11.7 Å². The Kier molecular flexibility index (Phi) is 3.44. The van der Waals surface area contributed by atoms with Crippen molar-refractivity contribution in [1.82, 2.24) is 4.98 Å². The molecule has 6 heteroatoms. The number of hydrogen-bond donors (Lipinski definition) is 0. The van der Waals surface area contributed by atoms with Crippen LogP contribution in [-0.2, 0) is 6.18 Å². The third kappa shape index (κ3) is 3.08. The summed E-state index contributed by atoms with van der Waals surface area (Å²) < 4.78 is 36.1. The van der Waals surface area contributed by atoms with E-state index in [0.717, 1.165) is 12.3 Å². The topological polar surface area (TPSA) is 12.9 Å². The second-order valence-electron chi connectivity index (χ2n) is 2.14. The summed E-state index contributed by atoms with van der Waals surface area (Å²) in [5.74, 6) is 0. The predicted octanol–water partition coefficient (Wildman–Crippen LogP) is 3.39. The van der Waals surface area contributed by atoms with E-state index in [1.807, 2.05) is 0 Å². The van der Waals surface area contributed by atoms with Gasteiger partial charge in [0, 0.05) is 6.20 Å². The van der Waals surface area contributed by atoms with Crippen LogP contribution in [0.5, 0.6) is 0 Å². The number of thioether (sulfide) groups is 1. The maximum atomic E-state index is 12.0. The first kappa shape index (κ1) is 10.7. The molecular formula is C7H5ClF3NS. The normalized spacial score (nSPS) is 11.7. The highest BCUT2D eigenvalue weighted by molar-refractivity contribution is 8.00. The summed E-state index contributed by atoms with van der Waals surface area (Å²) in [6, 6.07) is 2.29. The van der Waals surface area contributed by atoms with Crippen molar-refractivity contribution in [2.24, 2.45) is 0 Å². The Morgan fingerprint density at radius 3 is 2.46 bits per heavy atom. The Hall–Kier alpha value is -0.420. The zero-order chi connectivity index (χ0) is 9.90. The molecular weight excluding hydrogens is 223 g/mol. The Morgan fingerprint density at radius 2 is 2.08 bits per heavy atom. The zero-order valence-corrected chi connectivity index (χ0v) is 7.88. The van der Waals surface area contributed by atoms with Gasteiger partial charge in [-0.3, -0.25) is 0 Å². The van der Waals surface area contributed by atoms with Crippen molar-refractivity contribution in [2.75, 3.05) is 5.21 Å². The van der Waals surface area contributed by atoms with E-state index in [1.54, 1.807) is 0 Å². The molecule has 0 atom stereocenters. The van der Waals surface area contributed by atoms with Crippen LogP contribution >= 0.6 is 23.4 Å². The minimum absolute atomic E-state index is 0.276. The van der Waals surface area contributed by atoms with Gasteiger partial charge in [0.2, 0.25) is 0 Å². The second-order valence-corrected chi connectivity index (χ2v) is 3.72. The molecule has 1 heterocycles. The average Bonchev–Trinajstić information content (AvgIpc) is 2.04. The number of pyridine rings is 1.